The third-order valence-corrected chi connectivity index (χ3v) is 6.71. The summed E-state index contributed by atoms with van der Waals surface area (Å²) in [6, 6.07) is -0.908. The number of aliphatic hydroxyl groups is 3. The molecule has 1 amide bonds. The van der Waals surface area contributed by atoms with Gasteiger partial charge in [-0.15, -0.1) is 0 Å². The summed E-state index contributed by atoms with van der Waals surface area (Å²) < 4.78 is 4.62. The maximum atomic E-state index is 12.6. The zero-order chi connectivity index (χ0) is 25.6. The first-order chi connectivity index (χ1) is 16.4. The smallest absolute Gasteiger partial charge is 0.305 e. The van der Waals surface area contributed by atoms with Crippen LogP contribution in [0.3, 0.4) is 0 Å². The normalized spacial score (nSPS) is 14.9. The van der Waals surface area contributed by atoms with E-state index in [-0.39, 0.29) is 24.2 Å². The largest absolute Gasteiger partial charge is 0.469 e. The van der Waals surface area contributed by atoms with E-state index < -0.39 is 24.9 Å². The van der Waals surface area contributed by atoms with Crippen LogP contribution in [-0.2, 0) is 14.3 Å². The average molecular weight is 488 g/mol. The second kappa shape index (κ2) is 22.3. The lowest BCUT2D eigenvalue weighted by atomic mass is 9.96. The lowest BCUT2D eigenvalue weighted by molar-refractivity contribution is -0.141. The Balaban J connectivity index is 4.07. The molecule has 4 atom stereocenters. The van der Waals surface area contributed by atoms with Crippen molar-refractivity contribution in [1.29, 1.82) is 0 Å². The molecule has 0 aromatic rings. The minimum absolute atomic E-state index is 0.254. The predicted molar refractivity (Wildman–Crippen MR) is 136 cm³/mol. The summed E-state index contributed by atoms with van der Waals surface area (Å²) in [5.41, 5.74) is 0. The number of aliphatic hydroxyl groups excluding tert-OH is 3. The Morgan fingerprint density at radius 3 is 1.79 bits per heavy atom. The predicted octanol–water partition coefficient (Wildman–Crippen LogP) is 4.65. The van der Waals surface area contributed by atoms with Gasteiger partial charge in [0.25, 0.3) is 0 Å². The van der Waals surface area contributed by atoms with E-state index >= 15 is 0 Å². The molecule has 7 nitrogen and oxygen atoms in total. The molecule has 0 saturated heterocycles. The molecule has 0 aromatic heterocycles. The molecule has 0 heterocycles. The van der Waals surface area contributed by atoms with Crippen molar-refractivity contribution in [1.82, 2.24) is 5.32 Å². The molecule has 0 radical (unpaired) electrons. The molecular weight excluding hydrogens is 434 g/mol. The third-order valence-electron chi connectivity index (χ3n) is 6.71. The SMILES string of the molecule is CCCCCCCCCCCCCCC(O)C(O)C(CO)NC(=O)C(CC)CCCC(=O)OC. The molecule has 0 aliphatic rings. The van der Waals surface area contributed by atoms with Crippen LogP contribution in [-0.4, -0.2) is 59.2 Å². The molecule has 0 spiro atoms. The molecule has 202 valence electrons. The van der Waals surface area contributed by atoms with Crippen LogP contribution in [0.15, 0.2) is 0 Å². The van der Waals surface area contributed by atoms with Crippen molar-refractivity contribution in [2.24, 2.45) is 5.92 Å². The molecular formula is C27H53NO6. The maximum Gasteiger partial charge on any atom is 0.305 e. The fourth-order valence-electron chi connectivity index (χ4n) is 4.29. The number of ether oxygens (including phenoxy) is 1. The molecule has 0 saturated carbocycles. The van der Waals surface area contributed by atoms with Gasteiger partial charge < -0.3 is 25.4 Å². The molecule has 0 fully saturated rings. The van der Waals surface area contributed by atoms with Crippen LogP contribution in [0.1, 0.15) is 123 Å². The average Bonchev–Trinajstić information content (AvgIpc) is 2.84. The number of methoxy groups -OCH3 is 1. The minimum atomic E-state index is -1.21. The summed E-state index contributed by atoms with van der Waals surface area (Å²) in [4.78, 5) is 23.8. The van der Waals surface area contributed by atoms with Gasteiger partial charge in [-0.1, -0.05) is 90.9 Å². The number of hydrogen-bond acceptors (Lipinski definition) is 6. The third kappa shape index (κ3) is 16.4. The number of unbranched alkanes of at least 4 members (excludes halogenated alkanes) is 11. The Bertz CT molecular complexity index is 502. The summed E-state index contributed by atoms with van der Waals surface area (Å²) in [6.07, 6.45) is 14.9. The van der Waals surface area contributed by atoms with E-state index in [0.29, 0.717) is 25.7 Å². The van der Waals surface area contributed by atoms with Gasteiger partial charge in [-0.25, -0.2) is 0 Å². The Kier molecular flexibility index (Phi) is 21.5. The van der Waals surface area contributed by atoms with Crippen LogP contribution in [0.5, 0.6) is 0 Å². The molecule has 4 N–H and O–H groups in total. The summed E-state index contributed by atoms with van der Waals surface area (Å²) in [7, 11) is 1.34. The molecule has 0 rings (SSSR count). The van der Waals surface area contributed by atoms with Crippen LogP contribution < -0.4 is 5.32 Å². The Labute approximate surface area is 208 Å². The van der Waals surface area contributed by atoms with E-state index in [4.69, 9.17) is 0 Å². The van der Waals surface area contributed by atoms with E-state index in [9.17, 15) is 24.9 Å². The standard InChI is InChI=1S/C27H53NO6/c1-4-6-7-8-9-10-11-12-13-14-15-16-19-24(30)26(32)23(21-29)28-27(33)22(5-2)18-17-20-25(31)34-3/h22-24,26,29-30,32H,4-21H2,1-3H3,(H,28,33). The molecule has 4 unspecified atom stereocenters. The highest BCUT2D eigenvalue weighted by Crippen LogP contribution is 2.16. The maximum absolute atomic E-state index is 12.6. The lowest BCUT2D eigenvalue weighted by Crippen LogP contribution is -2.52. The summed E-state index contributed by atoms with van der Waals surface area (Å²) in [6.45, 7) is 3.68. The Morgan fingerprint density at radius 1 is 0.794 bits per heavy atom. The zero-order valence-corrected chi connectivity index (χ0v) is 22.1. The van der Waals surface area contributed by atoms with Gasteiger partial charge in [0.05, 0.1) is 25.9 Å². The van der Waals surface area contributed by atoms with Crippen molar-refractivity contribution in [2.75, 3.05) is 13.7 Å². The van der Waals surface area contributed by atoms with E-state index in [1.807, 2.05) is 6.92 Å². The van der Waals surface area contributed by atoms with Gasteiger partial charge in [-0.3, -0.25) is 9.59 Å². The van der Waals surface area contributed by atoms with Crippen LogP contribution in [0, 0.1) is 5.92 Å². The summed E-state index contributed by atoms with van der Waals surface area (Å²) >= 11 is 0. The topological polar surface area (TPSA) is 116 Å². The molecule has 0 bridgehead atoms. The molecule has 34 heavy (non-hydrogen) atoms. The molecule has 0 aliphatic carbocycles. The van der Waals surface area contributed by atoms with Crippen molar-refractivity contribution in [3.63, 3.8) is 0 Å². The van der Waals surface area contributed by atoms with Gasteiger partial charge in [-0.2, -0.15) is 0 Å². The Hall–Kier alpha value is -1.18. The number of amides is 1. The van der Waals surface area contributed by atoms with Crippen molar-refractivity contribution in [3.05, 3.63) is 0 Å². The number of esters is 1. The highest BCUT2D eigenvalue weighted by atomic mass is 16.5. The fraction of sp³-hybridized carbons (Fsp3) is 0.926. The van der Waals surface area contributed by atoms with Crippen molar-refractivity contribution < 1.29 is 29.6 Å². The van der Waals surface area contributed by atoms with Crippen molar-refractivity contribution >= 4 is 11.9 Å². The highest BCUT2D eigenvalue weighted by molar-refractivity contribution is 5.79. The van der Waals surface area contributed by atoms with E-state index in [2.05, 4.69) is 17.0 Å². The quantitative estimate of drug-likeness (QED) is 0.123. The Morgan fingerprint density at radius 2 is 1.32 bits per heavy atom. The molecule has 0 aliphatic heterocycles. The number of hydrogen-bond donors (Lipinski definition) is 4. The minimum Gasteiger partial charge on any atom is -0.469 e. The molecule has 0 aromatic carbocycles. The first-order valence-electron chi connectivity index (χ1n) is 13.7. The van der Waals surface area contributed by atoms with Gasteiger partial charge in [0.2, 0.25) is 5.91 Å². The fourth-order valence-corrected chi connectivity index (χ4v) is 4.29. The monoisotopic (exact) mass is 487 g/mol. The van der Waals surface area contributed by atoms with Crippen molar-refractivity contribution in [3.8, 4) is 0 Å². The van der Waals surface area contributed by atoms with E-state index in [0.717, 1.165) is 19.3 Å². The number of carbonyl (C=O) groups is 2. The summed E-state index contributed by atoms with van der Waals surface area (Å²) in [5, 5.41) is 33.1. The second-order valence-electron chi connectivity index (χ2n) is 9.61. The van der Waals surface area contributed by atoms with Crippen LogP contribution in [0.25, 0.3) is 0 Å². The van der Waals surface area contributed by atoms with Gasteiger partial charge in [0.1, 0.15) is 6.10 Å². The lowest BCUT2D eigenvalue weighted by Gasteiger charge is -2.28. The van der Waals surface area contributed by atoms with Gasteiger partial charge in [0.15, 0.2) is 0 Å². The van der Waals surface area contributed by atoms with Gasteiger partial charge in [0, 0.05) is 12.3 Å². The zero-order valence-electron chi connectivity index (χ0n) is 22.1. The van der Waals surface area contributed by atoms with Crippen LogP contribution in [0.4, 0.5) is 0 Å². The van der Waals surface area contributed by atoms with E-state index in [1.165, 1.54) is 64.9 Å². The van der Waals surface area contributed by atoms with Crippen molar-refractivity contribution in [2.45, 2.75) is 141 Å². The molecule has 7 heteroatoms. The van der Waals surface area contributed by atoms with Crippen LogP contribution >= 0.6 is 0 Å². The number of carbonyl (C=O) groups excluding carboxylic acids is 2. The highest BCUT2D eigenvalue weighted by Gasteiger charge is 2.29. The first-order valence-corrected chi connectivity index (χ1v) is 13.7. The number of rotatable bonds is 23. The number of nitrogens with one attached hydrogen (secondary N) is 1. The summed E-state index contributed by atoms with van der Waals surface area (Å²) in [5.74, 6) is -0.901. The first kappa shape index (κ1) is 32.8. The second-order valence-corrected chi connectivity index (χ2v) is 9.61. The van der Waals surface area contributed by atoms with E-state index in [1.54, 1.807) is 0 Å². The van der Waals surface area contributed by atoms with Gasteiger partial charge >= 0.3 is 5.97 Å². The van der Waals surface area contributed by atoms with Crippen LogP contribution in [0.2, 0.25) is 0 Å². The van der Waals surface area contributed by atoms with Gasteiger partial charge in [-0.05, 0) is 25.7 Å².